The van der Waals surface area contributed by atoms with Crippen LogP contribution in [-0.4, -0.2) is 12.6 Å². The maximum absolute atomic E-state index is 11.5. The van der Waals surface area contributed by atoms with Crippen LogP contribution in [0.3, 0.4) is 0 Å². The van der Waals surface area contributed by atoms with Gasteiger partial charge < -0.3 is 15.2 Å². The molecular formula is C17H19NO3. The molecule has 110 valence electrons. The Morgan fingerprint density at radius 2 is 1.81 bits per heavy atom. The molecule has 0 saturated heterocycles. The zero-order chi connectivity index (χ0) is 15.1. The molecule has 0 bridgehead atoms. The normalized spacial score (nSPS) is 11.7. The number of esters is 1. The van der Waals surface area contributed by atoms with E-state index in [1.807, 2.05) is 54.6 Å². The van der Waals surface area contributed by atoms with Crippen LogP contribution in [0.5, 0.6) is 11.5 Å². The summed E-state index contributed by atoms with van der Waals surface area (Å²) in [6.45, 7) is 2.14. The zero-order valence-corrected chi connectivity index (χ0v) is 12.0. The van der Waals surface area contributed by atoms with Crippen LogP contribution >= 0.6 is 0 Å². The molecule has 0 aliphatic heterocycles. The minimum atomic E-state index is -0.400. The van der Waals surface area contributed by atoms with Gasteiger partial charge in [0, 0.05) is 6.04 Å². The van der Waals surface area contributed by atoms with Crippen molar-refractivity contribution in [3.05, 3.63) is 60.2 Å². The number of nitrogens with two attached hydrogens (primary N) is 1. The van der Waals surface area contributed by atoms with Crippen molar-refractivity contribution in [3.63, 3.8) is 0 Å². The Balaban J connectivity index is 2.05. The van der Waals surface area contributed by atoms with E-state index in [0.717, 1.165) is 11.3 Å². The lowest BCUT2D eigenvalue weighted by Crippen LogP contribution is -2.17. The van der Waals surface area contributed by atoms with E-state index in [9.17, 15) is 4.79 Å². The third-order valence-electron chi connectivity index (χ3n) is 2.96. The molecule has 21 heavy (non-hydrogen) atoms. The Hall–Kier alpha value is -2.33. The van der Waals surface area contributed by atoms with Gasteiger partial charge in [-0.25, -0.2) is 0 Å². The van der Waals surface area contributed by atoms with Crippen LogP contribution in [0.1, 0.15) is 24.9 Å². The molecule has 2 rings (SSSR count). The molecular weight excluding hydrogens is 266 g/mol. The van der Waals surface area contributed by atoms with Crippen LogP contribution in [0, 0.1) is 0 Å². The van der Waals surface area contributed by atoms with Gasteiger partial charge in [-0.05, 0) is 36.8 Å². The second-order valence-electron chi connectivity index (χ2n) is 4.60. The number of rotatable bonds is 6. The van der Waals surface area contributed by atoms with Crippen molar-refractivity contribution in [2.45, 2.75) is 19.4 Å². The SMILES string of the molecule is CCOC(=O)C[C@@H](N)c1cccc(Oc2ccccc2)c1. The maximum Gasteiger partial charge on any atom is 0.307 e. The van der Waals surface area contributed by atoms with Crippen LogP contribution in [0.4, 0.5) is 0 Å². The van der Waals surface area contributed by atoms with Crippen molar-refractivity contribution in [2.75, 3.05) is 6.61 Å². The highest BCUT2D eigenvalue weighted by atomic mass is 16.5. The Bertz CT molecular complexity index is 584. The molecule has 0 fully saturated rings. The largest absolute Gasteiger partial charge is 0.466 e. The number of ether oxygens (including phenoxy) is 2. The van der Waals surface area contributed by atoms with Crippen molar-refractivity contribution < 1.29 is 14.3 Å². The second kappa shape index (κ2) is 7.45. The molecule has 2 aromatic carbocycles. The van der Waals surface area contributed by atoms with Gasteiger partial charge in [0.15, 0.2) is 0 Å². The summed E-state index contributed by atoms with van der Waals surface area (Å²) in [5, 5.41) is 0. The fourth-order valence-electron chi connectivity index (χ4n) is 1.95. The van der Waals surface area contributed by atoms with Gasteiger partial charge in [0.05, 0.1) is 13.0 Å². The van der Waals surface area contributed by atoms with Gasteiger partial charge in [-0.1, -0.05) is 30.3 Å². The van der Waals surface area contributed by atoms with E-state index in [-0.39, 0.29) is 12.4 Å². The molecule has 0 unspecified atom stereocenters. The van der Waals surface area contributed by atoms with Crippen molar-refractivity contribution in [1.29, 1.82) is 0 Å². The molecule has 2 N–H and O–H groups in total. The van der Waals surface area contributed by atoms with E-state index in [2.05, 4.69) is 0 Å². The summed E-state index contributed by atoms with van der Waals surface area (Å²) in [5.41, 5.74) is 6.88. The highest BCUT2D eigenvalue weighted by molar-refractivity contribution is 5.70. The fourth-order valence-corrected chi connectivity index (χ4v) is 1.95. The van der Waals surface area contributed by atoms with Crippen molar-refractivity contribution in [2.24, 2.45) is 5.73 Å². The summed E-state index contributed by atoms with van der Waals surface area (Å²) in [7, 11) is 0. The van der Waals surface area contributed by atoms with Gasteiger partial charge in [-0.2, -0.15) is 0 Å². The fraction of sp³-hybridized carbons (Fsp3) is 0.235. The number of benzene rings is 2. The molecule has 4 nitrogen and oxygen atoms in total. The van der Waals surface area contributed by atoms with E-state index in [1.165, 1.54) is 0 Å². The zero-order valence-electron chi connectivity index (χ0n) is 12.0. The van der Waals surface area contributed by atoms with E-state index in [4.69, 9.17) is 15.2 Å². The first-order valence-corrected chi connectivity index (χ1v) is 6.93. The average Bonchev–Trinajstić information content (AvgIpc) is 2.49. The Morgan fingerprint density at radius 1 is 1.10 bits per heavy atom. The van der Waals surface area contributed by atoms with E-state index in [0.29, 0.717) is 12.4 Å². The van der Waals surface area contributed by atoms with Crippen LogP contribution in [0.15, 0.2) is 54.6 Å². The van der Waals surface area contributed by atoms with E-state index < -0.39 is 6.04 Å². The maximum atomic E-state index is 11.5. The summed E-state index contributed by atoms with van der Waals surface area (Å²) in [4.78, 5) is 11.5. The lowest BCUT2D eigenvalue weighted by atomic mass is 10.0. The Labute approximate surface area is 124 Å². The van der Waals surface area contributed by atoms with Gasteiger partial charge in [-0.15, -0.1) is 0 Å². The summed E-state index contributed by atoms with van der Waals surface area (Å²) in [6.07, 6.45) is 0.155. The summed E-state index contributed by atoms with van der Waals surface area (Å²) >= 11 is 0. The first kappa shape index (κ1) is 15.1. The number of hydrogen-bond donors (Lipinski definition) is 1. The quantitative estimate of drug-likeness (QED) is 0.826. The first-order valence-electron chi connectivity index (χ1n) is 6.93. The summed E-state index contributed by atoms with van der Waals surface area (Å²) < 4.78 is 10.7. The van der Waals surface area contributed by atoms with E-state index >= 15 is 0 Å². The second-order valence-corrected chi connectivity index (χ2v) is 4.60. The first-order chi connectivity index (χ1) is 10.2. The smallest absolute Gasteiger partial charge is 0.307 e. The number of carbonyl (C=O) groups is 1. The molecule has 0 radical (unpaired) electrons. The highest BCUT2D eigenvalue weighted by Crippen LogP contribution is 2.24. The number of carbonyl (C=O) groups excluding carboxylic acids is 1. The molecule has 2 aromatic rings. The molecule has 0 heterocycles. The van der Waals surface area contributed by atoms with Crippen molar-refractivity contribution in [1.82, 2.24) is 0 Å². The Morgan fingerprint density at radius 3 is 2.52 bits per heavy atom. The third-order valence-corrected chi connectivity index (χ3v) is 2.96. The molecule has 0 amide bonds. The number of hydrogen-bond acceptors (Lipinski definition) is 4. The van der Waals surface area contributed by atoms with Gasteiger partial charge >= 0.3 is 5.97 Å². The molecule has 0 aromatic heterocycles. The molecule has 0 saturated carbocycles. The lowest BCUT2D eigenvalue weighted by Gasteiger charge is -2.13. The molecule has 0 aliphatic rings. The minimum absolute atomic E-state index is 0.155. The number of para-hydroxylation sites is 1. The van der Waals surface area contributed by atoms with Crippen LogP contribution in [0.25, 0.3) is 0 Å². The monoisotopic (exact) mass is 285 g/mol. The van der Waals surface area contributed by atoms with Crippen LogP contribution < -0.4 is 10.5 Å². The van der Waals surface area contributed by atoms with Gasteiger partial charge in [0.2, 0.25) is 0 Å². The van der Waals surface area contributed by atoms with Gasteiger partial charge in [0.25, 0.3) is 0 Å². The highest BCUT2D eigenvalue weighted by Gasteiger charge is 2.13. The molecule has 1 atom stereocenters. The topological polar surface area (TPSA) is 61.5 Å². The summed E-state index contributed by atoms with van der Waals surface area (Å²) in [6, 6.07) is 16.5. The molecule has 0 aliphatic carbocycles. The Kier molecular flexibility index (Phi) is 5.35. The average molecular weight is 285 g/mol. The molecule has 0 spiro atoms. The lowest BCUT2D eigenvalue weighted by molar-refractivity contribution is -0.143. The predicted molar refractivity (Wildman–Crippen MR) is 81.1 cm³/mol. The van der Waals surface area contributed by atoms with E-state index in [1.54, 1.807) is 6.92 Å². The molecule has 4 heteroatoms. The van der Waals surface area contributed by atoms with Crippen LogP contribution in [0.2, 0.25) is 0 Å². The standard InChI is InChI=1S/C17H19NO3/c1-2-20-17(19)12-16(18)13-7-6-10-15(11-13)21-14-8-4-3-5-9-14/h3-11,16H,2,12,18H2,1H3/t16-/m1/s1. The van der Waals surface area contributed by atoms with Crippen molar-refractivity contribution in [3.8, 4) is 11.5 Å². The summed E-state index contributed by atoms with van der Waals surface area (Å²) in [5.74, 6) is 1.16. The predicted octanol–water partition coefficient (Wildman–Crippen LogP) is 3.43. The van der Waals surface area contributed by atoms with Crippen molar-refractivity contribution >= 4 is 5.97 Å². The minimum Gasteiger partial charge on any atom is -0.466 e. The van der Waals surface area contributed by atoms with Gasteiger partial charge in [0.1, 0.15) is 11.5 Å². The third kappa shape index (κ3) is 4.61. The van der Waals surface area contributed by atoms with Crippen LogP contribution in [-0.2, 0) is 9.53 Å². The van der Waals surface area contributed by atoms with Gasteiger partial charge in [-0.3, -0.25) is 4.79 Å².